The van der Waals surface area contributed by atoms with Gasteiger partial charge in [0.2, 0.25) is 0 Å². The molecular formula is C53H92NO7+. The first-order valence-electron chi connectivity index (χ1n) is 24.5. The lowest BCUT2D eigenvalue weighted by Gasteiger charge is -2.31. The van der Waals surface area contributed by atoms with Crippen molar-refractivity contribution in [1.82, 2.24) is 0 Å². The fourth-order valence-corrected chi connectivity index (χ4v) is 6.89. The van der Waals surface area contributed by atoms with E-state index in [9.17, 15) is 19.5 Å². The third kappa shape index (κ3) is 41.9. The summed E-state index contributed by atoms with van der Waals surface area (Å²) in [5, 5.41) is 9.64. The molecule has 2 unspecified atom stereocenters. The van der Waals surface area contributed by atoms with Crippen LogP contribution in [-0.2, 0) is 28.6 Å². The van der Waals surface area contributed by atoms with Gasteiger partial charge in [-0.05, 0) is 77.0 Å². The van der Waals surface area contributed by atoms with Crippen LogP contribution in [0.4, 0.5) is 0 Å². The summed E-state index contributed by atoms with van der Waals surface area (Å²) in [7, 11) is 5.52. The van der Waals surface area contributed by atoms with Crippen molar-refractivity contribution >= 4 is 17.9 Å². The van der Waals surface area contributed by atoms with Gasteiger partial charge in [0.05, 0.1) is 34.4 Å². The van der Waals surface area contributed by atoms with Gasteiger partial charge in [-0.2, -0.15) is 0 Å². The predicted molar refractivity (Wildman–Crippen MR) is 257 cm³/mol. The number of likely N-dealkylation sites (N-methyl/N-ethyl adjacent to an activating group) is 1. The molecule has 2 atom stereocenters. The Balaban J connectivity index is 4.25. The molecule has 0 aromatic rings. The molecule has 0 aromatic heterocycles. The van der Waals surface area contributed by atoms with Crippen LogP contribution in [0.3, 0.4) is 0 Å². The molecule has 0 aliphatic rings. The first kappa shape index (κ1) is 57.8. The summed E-state index contributed by atoms with van der Waals surface area (Å²) in [4.78, 5) is 37.1. The average Bonchev–Trinajstić information content (AvgIpc) is 3.22. The van der Waals surface area contributed by atoms with Gasteiger partial charge >= 0.3 is 17.9 Å². The molecule has 0 aliphatic carbocycles. The van der Waals surface area contributed by atoms with Crippen LogP contribution < -0.4 is 0 Å². The number of carboxylic acids is 1. The molecule has 61 heavy (non-hydrogen) atoms. The number of quaternary nitrogens is 1. The zero-order valence-electron chi connectivity index (χ0n) is 39.8. The van der Waals surface area contributed by atoms with Crippen molar-refractivity contribution in [3.8, 4) is 0 Å². The summed E-state index contributed by atoms with van der Waals surface area (Å²) < 4.78 is 17.3. The topological polar surface area (TPSA) is 99.1 Å². The van der Waals surface area contributed by atoms with Crippen molar-refractivity contribution in [2.45, 2.75) is 206 Å². The molecule has 350 valence electrons. The van der Waals surface area contributed by atoms with Crippen molar-refractivity contribution in [3.63, 3.8) is 0 Å². The van der Waals surface area contributed by atoms with Gasteiger partial charge in [0.1, 0.15) is 6.61 Å². The van der Waals surface area contributed by atoms with E-state index in [1.807, 2.05) is 21.1 Å². The van der Waals surface area contributed by atoms with Crippen LogP contribution in [0, 0.1) is 0 Å². The quantitative estimate of drug-likeness (QED) is 0.0282. The van der Waals surface area contributed by atoms with Crippen LogP contribution in [0.25, 0.3) is 0 Å². The standard InChI is InChI=1S/C53H91NO7/c1-6-8-10-12-14-16-18-20-22-23-24-25-26-27-28-29-30-32-34-36-38-40-42-44-52(56)61-49(47-59-46-45-50(53(57)58)54(3,4)5)48-60-51(55)43-41-39-37-35-33-31-21-19-17-15-13-11-9-7-2/h8-11,14-17,20-22,31,49-50H,6-7,12-13,18-19,23-30,32-48H2,1-5H3/p+1/b10-8+,11-9+,16-14+,17-15+,22-20+,31-21+. The molecule has 0 fully saturated rings. The van der Waals surface area contributed by atoms with E-state index in [2.05, 4.69) is 86.8 Å². The van der Waals surface area contributed by atoms with Gasteiger partial charge in [-0.25, -0.2) is 4.79 Å². The van der Waals surface area contributed by atoms with Crippen LogP contribution in [-0.4, -0.2) is 80.6 Å². The highest BCUT2D eigenvalue weighted by molar-refractivity contribution is 5.72. The summed E-state index contributed by atoms with van der Waals surface area (Å²) in [5.74, 6) is -1.50. The highest BCUT2D eigenvalue weighted by Gasteiger charge is 2.31. The summed E-state index contributed by atoms with van der Waals surface area (Å²) in [6.07, 6.45) is 55.2. The van der Waals surface area contributed by atoms with Crippen molar-refractivity contribution in [3.05, 3.63) is 72.9 Å². The number of carbonyl (C=O) groups excluding carboxylic acids is 2. The van der Waals surface area contributed by atoms with Gasteiger partial charge in [-0.3, -0.25) is 9.59 Å². The summed E-state index contributed by atoms with van der Waals surface area (Å²) >= 11 is 0. The number of hydrogen-bond donors (Lipinski definition) is 1. The minimum atomic E-state index is -0.880. The second kappa shape index (κ2) is 43.4. The molecule has 8 heteroatoms. The number of esters is 2. The Hall–Kier alpha value is -3.23. The third-order valence-electron chi connectivity index (χ3n) is 10.6. The van der Waals surface area contributed by atoms with Gasteiger partial charge in [0.25, 0.3) is 0 Å². The molecule has 8 nitrogen and oxygen atoms in total. The van der Waals surface area contributed by atoms with E-state index in [1.165, 1.54) is 70.6 Å². The molecule has 0 amide bonds. The Kier molecular flexibility index (Phi) is 41.1. The first-order chi connectivity index (χ1) is 29.6. The number of carbonyl (C=O) groups is 3. The molecule has 1 N–H and O–H groups in total. The number of aliphatic carboxylic acids is 1. The van der Waals surface area contributed by atoms with E-state index in [0.29, 0.717) is 19.3 Å². The Morgan fingerprint density at radius 3 is 1.28 bits per heavy atom. The molecule has 0 aromatic carbocycles. The van der Waals surface area contributed by atoms with Crippen LogP contribution in [0.5, 0.6) is 0 Å². The van der Waals surface area contributed by atoms with E-state index in [4.69, 9.17) is 14.2 Å². The largest absolute Gasteiger partial charge is 0.477 e. The van der Waals surface area contributed by atoms with Crippen molar-refractivity contribution in [2.24, 2.45) is 0 Å². The van der Waals surface area contributed by atoms with Crippen LogP contribution >= 0.6 is 0 Å². The molecule has 0 radical (unpaired) electrons. The summed E-state index contributed by atoms with van der Waals surface area (Å²) in [5.41, 5.74) is 0. The Morgan fingerprint density at radius 1 is 0.492 bits per heavy atom. The van der Waals surface area contributed by atoms with Crippen LogP contribution in [0.15, 0.2) is 72.9 Å². The lowest BCUT2D eigenvalue weighted by molar-refractivity contribution is -0.887. The van der Waals surface area contributed by atoms with Crippen molar-refractivity contribution in [2.75, 3.05) is 41.0 Å². The van der Waals surface area contributed by atoms with Crippen molar-refractivity contribution < 1.29 is 38.2 Å². The normalized spacial score (nSPS) is 13.5. The number of unbranched alkanes of at least 4 members (excludes halogenated alkanes) is 17. The predicted octanol–water partition coefficient (Wildman–Crippen LogP) is 13.9. The number of ether oxygens (including phenoxy) is 3. The first-order valence-corrected chi connectivity index (χ1v) is 24.5. The number of rotatable bonds is 43. The fourth-order valence-electron chi connectivity index (χ4n) is 6.89. The average molecular weight is 855 g/mol. The molecule has 0 bridgehead atoms. The Morgan fingerprint density at radius 2 is 0.869 bits per heavy atom. The number of allylic oxidation sites excluding steroid dienone is 12. The summed E-state index contributed by atoms with van der Waals surface area (Å²) in [6.45, 7) is 4.49. The third-order valence-corrected chi connectivity index (χ3v) is 10.6. The van der Waals surface area contributed by atoms with Crippen LogP contribution in [0.2, 0.25) is 0 Å². The maximum absolute atomic E-state index is 12.8. The lowest BCUT2D eigenvalue weighted by Crippen LogP contribution is -2.50. The molecule has 0 saturated carbocycles. The van der Waals surface area contributed by atoms with Gasteiger partial charge in [0.15, 0.2) is 12.1 Å². The Labute approximate surface area is 374 Å². The fraction of sp³-hybridized carbons (Fsp3) is 0.717. The zero-order chi connectivity index (χ0) is 44.9. The summed E-state index contributed by atoms with van der Waals surface area (Å²) in [6, 6.07) is -0.621. The number of hydrogen-bond acceptors (Lipinski definition) is 6. The minimum absolute atomic E-state index is 0.0510. The Bertz CT molecular complexity index is 1230. The molecule has 0 spiro atoms. The SMILES string of the molecule is CC/C=C/C/C=C/C/C=C/CCCCCCCCCCCCCCCC(=O)OC(COCCC(C(=O)O)[N+](C)(C)C)COC(=O)CCCCCC/C=C/C/C=C/C/C=C/CC. The smallest absolute Gasteiger partial charge is 0.362 e. The van der Waals surface area contributed by atoms with Gasteiger partial charge in [-0.15, -0.1) is 0 Å². The molecule has 0 aliphatic heterocycles. The second-order valence-electron chi connectivity index (χ2n) is 17.3. The van der Waals surface area contributed by atoms with E-state index in [1.54, 1.807) is 0 Å². The monoisotopic (exact) mass is 855 g/mol. The van der Waals surface area contributed by atoms with E-state index in [-0.39, 0.29) is 36.2 Å². The number of carboxylic acid groups (broad SMARTS) is 1. The second-order valence-corrected chi connectivity index (χ2v) is 17.3. The van der Waals surface area contributed by atoms with Gasteiger partial charge < -0.3 is 23.8 Å². The molecule has 0 heterocycles. The highest BCUT2D eigenvalue weighted by atomic mass is 16.6. The van der Waals surface area contributed by atoms with Crippen LogP contribution in [0.1, 0.15) is 194 Å². The maximum atomic E-state index is 12.8. The van der Waals surface area contributed by atoms with Gasteiger partial charge in [0, 0.05) is 19.3 Å². The molecule has 0 saturated heterocycles. The molecule has 0 rings (SSSR count). The zero-order valence-corrected chi connectivity index (χ0v) is 39.8. The highest BCUT2D eigenvalue weighted by Crippen LogP contribution is 2.15. The maximum Gasteiger partial charge on any atom is 0.362 e. The van der Waals surface area contributed by atoms with E-state index < -0.39 is 18.1 Å². The van der Waals surface area contributed by atoms with Gasteiger partial charge in [-0.1, -0.05) is 170 Å². The van der Waals surface area contributed by atoms with E-state index >= 15 is 0 Å². The van der Waals surface area contributed by atoms with Crippen molar-refractivity contribution in [1.29, 1.82) is 0 Å². The van der Waals surface area contributed by atoms with E-state index in [0.717, 1.165) is 89.9 Å². The number of nitrogens with zero attached hydrogens (tertiary/aromatic N) is 1. The minimum Gasteiger partial charge on any atom is -0.477 e. The molecular weight excluding hydrogens is 763 g/mol. The lowest BCUT2D eigenvalue weighted by atomic mass is 10.0.